The van der Waals surface area contributed by atoms with Crippen molar-refractivity contribution < 1.29 is 9.84 Å². The molecule has 1 aliphatic carbocycles. The lowest BCUT2D eigenvalue weighted by Gasteiger charge is -2.30. The van der Waals surface area contributed by atoms with E-state index in [0.29, 0.717) is 18.4 Å². The lowest BCUT2D eigenvalue weighted by Crippen LogP contribution is -2.30. The van der Waals surface area contributed by atoms with Gasteiger partial charge in [0.15, 0.2) is 0 Å². The van der Waals surface area contributed by atoms with Crippen LogP contribution in [0.2, 0.25) is 0 Å². The highest BCUT2D eigenvalue weighted by molar-refractivity contribution is 4.75. The van der Waals surface area contributed by atoms with E-state index < -0.39 is 0 Å². The predicted octanol–water partition coefficient (Wildman–Crippen LogP) is 1.54. The molecule has 1 saturated carbocycles. The van der Waals surface area contributed by atoms with E-state index in [1.807, 2.05) is 6.92 Å². The second-order valence-corrected chi connectivity index (χ2v) is 4.64. The molecule has 0 aliphatic heterocycles. The molecule has 3 heteroatoms. The summed E-state index contributed by atoms with van der Waals surface area (Å²) < 4.78 is 5.55. The normalized spacial score (nSPS) is 29.0. The summed E-state index contributed by atoms with van der Waals surface area (Å²) in [6.45, 7) is 4.00. The third kappa shape index (κ3) is 4.49. The van der Waals surface area contributed by atoms with Crippen molar-refractivity contribution in [1.82, 2.24) is 0 Å². The number of ether oxygens (including phenoxy) is 1. The van der Waals surface area contributed by atoms with Gasteiger partial charge in [-0.2, -0.15) is 0 Å². The highest BCUT2D eigenvalue weighted by Crippen LogP contribution is 2.29. The Morgan fingerprint density at radius 1 is 1.33 bits per heavy atom. The fraction of sp³-hybridized carbons (Fsp3) is 1.00. The van der Waals surface area contributed by atoms with Gasteiger partial charge in [-0.25, -0.2) is 0 Å². The Hall–Kier alpha value is -0.120. The number of aliphatic hydroxyl groups is 1. The average Bonchev–Trinajstić information content (AvgIpc) is 2.29. The zero-order valence-electron chi connectivity index (χ0n) is 9.82. The average molecular weight is 215 g/mol. The number of aliphatic hydroxyl groups excluding tert-OH is 1. The molecular formula is C12H25NO2. The molecule has 0 aromatic carbocycles. The van der Waals surface area contributed by atoms with Crippen LogP contribution >= 0.6 is 0 Å². The molecule has 3 unspecified atom stereocenters. The van der Waals surface area contributed by atoms with Crippen LogP contribution in [-0.4, -0.2) is 31.0 Å². The van der Waals surface area contributed by atoms with Crippen molar-refractivity contribution in [1.29, 1.82) is 0 Å². The first kappa shape index (κ1) is 12.9. The topological polar surface area (TPSA) is 55.5 Å². The lowest BCUT2D eigenvalue weighted by molar-refractivity contribution is 0.00353. The van der Waals surface area contributed by atoms with Crippen molar-refractivity contribution in [2.75, 3.05) is 19.8 Å². The van der Waals surface area contributed by atoms with Crippen LogP contribution in [0.3, 0.4) is 0 Å². The van der Waals surface area contributed by atoms with Crippen LogP contribution in [0.25, 0.3) is 0 Å². The van der Waals surface area contributed by atoms with E-state index >= 15 is 0 Å². The molecule has 0 aromatic heterocycles. The zero-order chi connectivity index (χ0) is 11.1. The van der Waals surface area contributed by atoms with E-state index in [2.05, 4.69) is 0 Å². The van der Waals surface area contributed by atoms with Gasteiger partial charge >= 0.3 is 0 Å². The Labute approximate surface area is 93.0 Å². The fourth-order valence-corrected chi connectivity index (χ4v) is 2.29. The largest absolute Gasteiger partial charge is 0.391 e. The molecule has 90 valence electrons. The van der Waals surface area contributed by atoms with Crippen molar-refractivity contribution in [2.45, 2.75) is 45.1 Å². The molecule has 0 radical (unpaired) electrons. The van der Waals surface area contributed by atoms with E-state index in [1.54, 1.807) is 0 Å². The number of hydrogen-bond acceptors (Lipinski definition) is 3. The van der Waals surface area contributed by atoms with Gasteiger partial charge in [-0.05, 0) is 37.6 Å². The minimum atomic E-state index is -0.301. The van der Waals surface area contributed by atoms with E-state index in [4.69, 9.17) is 10.5 Å². The highest BCUT2D eigenvalue weighted by atomic mass is 16.5. The van der Waals surface area contributed by atoms with Crippen molar-refractivity contribution in [3.8, 4) is 0 Å². The van der Waals surface area contributed by atoms with Crippen LogP contribution in [0, 0.1) is 11.8 Å². The van der Waals surface area contributed by atoms with Crippen LogP contribution < -0.4 is 5.73 Å². The highest BCUT2D eigenvalue weighted by Gasteiger charge is 2.23. The van der Waals surface area contributed by atoms with Gasteiger partial charge in [0.2, 0.25) is 0 Å². The molecule has 0 heterocycles. The summed E-state index contributed by atoms with van der Waals surface area (Å²) >= 11 is 0. The Bertz CT molecular complexity index is 164. The summed E-state index contributed by atoms with van der Waals surface area (Å²) in [5, 5.41) is 9.36. The first-order chi connectivity index (χ1) is 7.27. The van der Waals surface area contributed by atoms with Crippen LogP contribution in [-0.2, 0) is 4.74 Å². The van der Waals surface area contributed by atoms with Crippen LogP contribution in [0.15, 0.2) is 0 Å². The molecular weight excluding hydrogens is 190 g/mol. The third-order valence-corrected chi connectivity index (χ3v) is 3.48. The van der Waals surface area contributed by atoms with Gasteiger partial charge in [-0.1, -0.05) is 19.8 Å². The maximum absolute atomic E-state index is 9.36. The molecule has 0 aromatic rings. The third-order valence-electron chi connectivity index (χ3n) is 3.48. The van der Waals surface area contributed by atoms with Gasteiger partial charge in [0.1, 0.15) is 0 Å². The summed E-state index contributed by atoms with van der Waals surface area (Å²) in [5.41, 5.74) is 5.75. The molecule has 1 fully saturated rings. The quantitative estimate of drug-likeness (QED) is 0.706. The van der Waals surface area contributed by atoms with Crippen LogP contribution in [0.4, 0.5) is 0 Å². The standard InChI is InChI=1S/C12H25NO2/c1-2-12(14)9-15-8-11-6-4-3-5-10(11)7-13/h10-12,14H,2-9,13H2,1H3. The molecule has 0 spiro atoms. The summed E-state index contributed by atoms with van der Waals surface area (Å²) in [6.07, 6.45) is 5.58. The molecule has 3 N–H and O–H groups in total. The van der Waals surface area contributed by atoms with Gasteiger partial charge in [-0.15, -0.1) is 0 Å². The van der Waals surface area contributed by atoms with Gasteiger partial charge < -0.3 is 15.6 Å². The minimum absolute atomic E-state index is 0.301. The van der Waals surface area contributed by atoms with Gasteiger partial charge in [0, 0.05) is 6.61 Å². The second-order valence-electron chi connectivity index (χ2n) is 4.64. The molecule has 0 amide bonds. The fourth-order valence-electron chi connectivity index (χ4n) is 2.29. The monoisotopic (exact) mass is 215 g/mol. The zero-order valence-corrected chi connectivity index (χ0v) is 9.82. The molecule has 0 bridgehead atoms. The van der Waals surface area contributed by atoms with Gasteiger partial charge in [-0.3, -0.25) is 0 Å². The van der Waals surface area contributed by atoms with Crippen LogP contribution in [0.1, 0.15) is 39.0 Å². The van der Waals surface area contributed by atoms with Crippen LogP contribution in [0.5, 0.6) is 0 Å². The van der Waals surface area contributed by atoms with Gasteiger partial charge in [0.25, 0.3) is 0 Å². The first-order valence-electron chi connectivity index (χ1n) is 6.23. The van der Waals surface area contributed by atoms with Gasteiger partial charge in [0.05, 0.1) is 12.7 Å². The predicted molar refractivity (Wildman–Crippen MR) is 61.6 cm³/mol. The number of rotatable bonds is 6. The second kappa shape index (κ2) is 7.20. The summed E-state index contributed by atoms with van der Waals surface area (Å²) in [4.78, 5) is 0. The lowest BCUT2D eigenvalue weighted by atomic mass is 9.80. The molecule has 3 nitrogen and oxygen atoms in total. The molecule has 1 aliphatic rings. The van der Waals surface area contributed by atoms with E-state index in [-0.39, 0.29) is 6.10 Å². The maximum Gasteiger partial charge on any atom is 0.0771 e. The summed E-state index contributed by atoms with van der Waals surface area (Å²) in [5.74, 6) is 1.25. The van der Waals surface area contributed by atoms with E-state index in [0.717, 1.165) is 19.6 Å². The van der Waals surface area contributed by atoms with E-state index in [1.165, 1.54) is 25.7 Å². The smallest absolute Gasteiger partial charge is 0.0771 e. The van der Waals surface area contributed by atoms with Crippen molar-refractivity contribution in [2.24, 2.45) is 17.6 Å². The minimum Gasteiger partial charge on any atom is -0.391 e. The molecule has 1 rings (SSSR count). The molecule has 15 heavy (non-hydrogen) atoms. The van der Waals surface area contributed by atoms with Crippen molar-refractivity contribution in [3.05, 3.63) is 0 Å². The SMILES string of the molecule is CCC(O)COCC1CCCCC1CN. The first-order valence-corrected chi connectivity index (χ1v) is 6.23. The van der Waals surface area contributed by atoms with Crippen molar-refractivity contribution in [3.63, 3.8) is 0 Å². The Kier molecular flexibility index (Phi) is 6.22. The van der Waals surface area contributed by atoms with Crippen molar-refractivity contribution >= 4 is 0 Å². The Morgan fingerprint density at radius 3 is 2.60 bits per heavy atom. The van der Waals surface area contributed by atoms with E-state index in [9.17, 15) is 5.11 Å². The summed E-state index contributed by atoms with van der Waals surface area (Å²) in [7, 11) is 0. The number of nitrogens with two attached hydrogens (primary N) is 1. The Morgan fingerprint density at radius 2 is 2.00 bits per heavy atom. The number of hydrogen-bond donors (Lipinski definition) is 2. The maximum atomic E-state index is 9.36. The Balaban J connectivity index is 2.17. The molecule has 0 saturated heterocycles. The summed E-state index contributed by atoms with van der Waals surface area (Å²) in [6, 6.07) is 0. The molecule has 3 atom stereocenters.